The third kappa shape index (κ3) is 6.57. The fourth-order valence-corrected chi connectivity index (χ4v) is 12.3. The van der Waals surface area contributed by atoms with Gasteiger partial charge in [-0.3, -0.25) is 0 Å². The molecule has 3 heteroatoms. The molecule has 0 atom stereocenters. The molecule has 0 unspecified atom stereocenters. The lowest BCUT2D eigenvalue weighted by Gasteiger charge is -2.36. The average molecular weight is 875 g/mol. The van der Waals surface area contributed by atoms with Crippen LogP contribution >= 0.6 is 0 Å². The van der Waals surface area contributed by atoms with Crippen LogP contribution in [0.25, 0.3) is 82.7 Å². The van der Waals surface area contributed by atoms with Crippen LogP contribution in [-0.4, -0.2) is 15.9 Å². The van der Waals surface area contributed by atoms with Crippen molar-refractivity contribution < 1.29 is 0 Å². The summed E-state index contributed by atoms with van der Waals surface area (Å²) in [5, 5.41) is 5.42. The van der Waals surface area contributed by atoms with Crippen LogP contribution < -0.4 is 10.9 Å². The van der Waals surface area contributed by atoms with E-state index in [2.05, 4.69) is 213 Å². The zero-order chi connectivity index (χ0) is 46.7. The van der Waals surface area contributed by atoms with Crippen molar-refractivity contribution in [1.29, 1.82) is 0 Å². The van der Waals surface area contributed by atoms with Gasteiger partial charge in [-0.1, -0.05) is 175 Å². The normalized spacial score (nSPS) is 15.4. The molecule has 0 N–H and O–H groups in total. The molecular formula is C64H67BN2. The topological polar surface area (TPSA) is 9.86 Å². The van der Waals surface area contributed by atoms with E-state index in [0.717, 1.165) is 0 Å². The van der Waals surface area contributed by atoms with Crippen LogP contribution in [0.1, 0.15) is 149 Å². The highest BCUT2D eigenvalue weighted by atomic mass is 15.0. The Morgan fingerprint density at radius 3 is 1.57 bits per heavy atom. The van der Waals surface area contributed by atoms with Crippen LogP contribution in [0.2, 0.25) is 0 Å². The fraction of sp³-hybridized carbons (Fsp3) is 0.344. The minimum atomic E-state index is -0.0375. The second kappa shape index (κ2) is 14.4. The lowest BCUT2D eigenvalue weighted by Crippen LogP contribution is -2.55. The van der Waals surface area contributed by atoms with Gasteiger partial charge in [0.05, 0.1) is 11.0 Å². The summed E-state index contributed by atoms with van der Waals surface area (Å²) in [6.45, 7) is 28.1. The molecule has 2 aliphatic heterocycles. The Kier molecular flexibility index (Phi) is 9.12. The van der Waals surface area contributed by atoms with E-state index in [0.29, 0.717) is 5.92 Å². The summed E-state index contributed by atoms with van der Waals surface area (Å²) in [5.41, 5.74) is 24.7. The number of hydrogen-bond donors (Lipinski definition) is 0. The quantitative estimate of drug-likeness (QED) is 0.157. The van der Waals surface area contributed by atoms with Crippen molar-refractivity contribution in [3.8, 4) is 39.1 Å². The van der Waals surface area contributed by atoms with Gasteiger partial charge in [-0.25, -0.2) is 0 Å². The van der Waals surface area contributed by atoms with Gasteiger partial charge >= 0.3 is 6.85 Å². The van der Waals surface area contributed by atoms with E-state index < -0.39 is 0 Å². The largest absolute Gasteiger partial charge is 0.375 e. The highest BCUT2D eigenvalue weighted by molar-refractivity contribution is 6.90. The van der Waals surface area contributed by atoms with Crippen LogP contribution in [0, 0.1) is 0 Å². The molecule has 3 aliphatic rings. The molecule has 12 rings (SSSR count). The summed E-state index contributed by atoms with van der Waals surface area (Å²) in [7, 11) is 0. The van der Waals surface area contributed by atoms with Crippen molar-refractivity contribution in [1.82, 2.24) is 9.05 Å². The van der Waals surface area contributed by atoms with Gasteiger partial charge in [-0.05, 0) is 156 Å². The van der Waals surface area contributed by atoms with Crippen molar-refractivity contribution in [2.75, 3.05) is 0 Å². The number of benzene rings is 7. The number of hydrogen-bond acceptors (Lipinski definition) is 0. The number of rotatable bonds is 3. The molecule has 9 aromatic rings. The standard InChI is InChI=1S/C64H67BN2/c1-61(2,3)44-23-18-39(19-24-44)41-22-28-56-48(30-41)51-32-42(40-20-25-45(26-21-40)62(4,5)6)33-52-50-31-43(38-16-14-13-15-17-38)34-57-58(50)65(67(56)59(51)52)54-37-47(64(10,11)12)36-53-49-35-46(63(7,8)9)27-29-55(49)66(57)60(53)54/h18-38H,13-17H2,1-12H3. The molecule has 0 bridgehead atoms. The highest BCUT2D eigenvalue weighted by Gasteiger charge is 2.43. The molecule has 336 valence electrons. The molecule has 2 nitrogen and oxygen atoms in total. The number of fused-ring (bicyclic) bond motifs is 10. The molecule has 7 aromatic carbocycles. The monoisotopic (exact) mass is 875 g/mol. The van der Waals surface area contributed by atoms with Gasteiger partial charge in [-0.2, -0.15) is 0 Å². The van der Waals surface area contributed by atoms with Gasteiger partial charge in [0.15, 0.2) is 0 Å². The number of nitrogens with zero attached hydrogens (tertiary/aromatic N) is 2. The van der Waals surface area contributed by atoms with Gasteiger partial charge in [0.25, 0.3) is 0 Å². The Morgan fingerprint density at radius 1 is 0.418 bits per heavy atom. The second-order valence-corrected chi connectivity index (χ2v) is 24.9. The first-order valence-electron chi connectivity index (χ1n) is 25.4. The first-order chi connectivity index (χ1) is 31.7. The Hall–Kier alpha value is -5.80. The molecule has 0 saturated heterocycles. The van der Waals surface area contributed by atoms with Gasteiger partial charge in [0.1, 0.15) is 0 Å². The summed E-state index contributed by atoms with van der Waals surface area (Å²) in [5.74, 6) is 0.562. The molecule has 1 fully saturated rings. The summed E-state index contributed by atoms with van der Waals surface area (Å²) in [6, 6.07) is 49.1. The molecule has 0 spiro atoms. The van der Waals surface area contributed by atoms with E-state index in [4.69, 9.17) is 0 Å². The highest BCUT2D eigenvalue weighted by Crippen LogP contribution is 2.48. The third-order valence-corrected chi connectivity index (χ3v) is 16.3. The van der Waals surface area contributed by atoms with Crippen LogP contribution in [0.5, 0.6) is 0 Å². The van der Waals surface area contributed by atoms with Crippen LogP contribution in [0.15, 0.2) is 121 Å². The van der Waals surface area contributed by atoms with Crippen molar-refractivity contribution in [3.05, 3.63) is 149 Å². The van der Waals surface area contributed by atoms with E-state index in [1.165, 1.54) is 154 Å². The molecule has 1 aliphatic carbocycles. The Labute approximate surface area is 399 Å². The molecule has 4 heterocycles. The lowest BCUT2D eigenvalue weighted by atomic mass is 9.45. The van der Waals surface area contributed by atoms with Gasteiger partial charge in [-0.15, -0.1) is 0 Å². The molecule has 67 heavy (non-hydrogen) atoms. The summed E-state index contributed by atoms with van der Waals surface area (Å²) >= 11 is 0. The minimum Gasteiger partial charge on any atom is -0.375 e. The molecule has 2 aromatic heterocycles. The van der Waals surface area contributed by atoms with Crippen molar-refractivity contribution >= 4 is 61.4 Å². The molecular weight excluding hydrogens is 808 g/mol. The van der Waals surface area contributed by atoms with Crippen molar-refractivity contribution in [2.24, 2.45) is 0 Å². The maximum atomic E-state index is 2.79. The van der Waals surface area contributed by atoms with Crippen molar-refractivity contribution in [3.63, 3.8) is 0 Å². The van der Waals surface area contributed by atoms with E-state index in [1.54, 1.807) is 0 Å². The predicted octanol–water partition coefficient (Wildman–Crippen LogP) is 16.4. The van der Waals surface area contributed by atoms with Crippen LogP contribution in [0.3, 0.4) is 0 Å². The Balaban J connectivity index is 1.22. The minimum absolute atomic E-state index is 0.00967. The summed E-state index contributed by atoms with van der Waals surface area (Å²) in [6.07, 6.45) is 6.49. The smallest absolute Gasteiger partial charge is 0.333 e. The lowest BCUT2D eigenvalue weighted by molar-refractivity contribution is 0.443. The maximum Gasteiger partial charge on any atom is 0.333 e. The first-order valence-corrected chi connectivity index (χ1v) is 25.4. The first kappa shape index (κ1) is 42.6. The third-order valence-electron chi connectivity index (χ3n) is 16.3. The number of aromatic nitrogens is 2. The van der Waals surface area contributed by atoms with Gasteiger partial charge in [0, 0.05) is 43.8 Å². The van der Waals surface area contributed by atoms with E-state index >= 15 is 0 Å². The molecule has 1 saturated carbocycles. The van der Waals surface area contributed by atoms with Gasteiger partial charge < -0.3 is 9.05 Å². The Bertz CT molecular complexity index is 3500. The average Bonchev–Trinajstić information content (AvgIpc) is 3.80. The molecule has 0 radical (unpaired) electrons. The predicted molar refractivity (Wildman–Crippen MR) is 291 cm³/mol. The fourth-order valence-electron chi connectivity index (χ4n) is 12.3. The van der Waals surface area contributed by atoms with E-state index in [-0.39, 0.29) is 28.5 Å². The summed E-state index contributed by atoms with van der Waals surface area (Å²) < 4.78 is 5.50. The van der Waals surface area contributed by atoms with E-state index in [9.17, 15) is 0 Å². The molecule has 0 amide bonds. The second-order valence-electron chi connectivity index (χ2n) is 24.9. The Morgan fingerprint density at radius 2 is 0.940 bits per heavy atom. The zero-order valence-corrected chi connectivity index (χ0v) is 42.1. The maximum absolute atomic E-state index is 2.79. The van der Waals surface area contributed by atoms with Crippen molar-refractivity contribution in [2.45, 2.75) is 143 Å². The van der Waals surface area contributed by atoms with Crippen LogP contribution in [0.4, 0.5) is 0 Å². The summed E-state index contributed by atoms with van der Waals surface area (Å²) in [4.78, 5) is 0. The SMILES string of the molecule is CC(C)(C)c1ccc(-c2ccc3c(c2)c2cc(-c4ccc(C(C)(C)C)cc4)cc4c2n3B2c3c-4cc(C4CCCCC4)cc3-n3c4ccc(C(C)(C)C)cc4c4cc(C(C)(C)C)cc2c43)cc1. The van der Waals surface area contributed by atoms with Gasteiger partial charge in [0.2, 0.25) is 0 Å². The van der Waals surface area contributed by atoms with E-state index in [1.807, 2.05) is 0 Å². The van der Waals surface area contributed by atoms with Crippen LogP contribution in [-0.2, 0) is 21.7 Å². The zero-order valence-electron chi connectivity index (χ0n) is 42.1.